The molecule has 0 spiro atoms. The van der Waals surface area contributed by atoms with E-state index in [1.165, 1.54) is 11.7 Å². The van der Waals surface area contributed by atoms with Gasteiger partial charge in [-0.25, -0.2) is 4.79 Å². The predicted molar refractivity (Wildman–Crippen MR) is 165 cm³/mol. The second-order valence-electron chi connectivity index (χ2n) is 12.0. The minimum absolute atomic E-state index is 0.137. The largest absolute Gasteiger partial charge is 0.493 e. The van der Waals surface area contributed by atoms with Crippen LogP contribution in [0.4, 0.5) is 4.79 Å². The lowest BCUT2D eigenvalue weighted by Gasteiger charge is -2.31. The molecular formula is C33H38N4O6. The zero-order valence-corrected chi connectivity index (χ0v) is 25.2. The molecule has 0 saturated heterocycles. The van der Waals surface area contributed by atoms with Gasteiger partial charge in [-0.05, 0) is 52.5 Å². The van der Waals surface area contributed by atoms with Crippen molar-refractivity contribution in [3.63, 3.8) is 0 Å². The van der Waals surface area contributed by atoms with Gasteiger partial charge in [0.2, 0.25) is 0 Å². The Labute approximate surface area is 250 Å². The summed E-state index contributed by atoms with van der Waals surface area (Å²) in [6.07, 6.45) is 2.43. The predicted octanol–water partition coefficient (Wildman–Crippen LogP) is 4.95. The fourth-order valence-electron chi connectivity index (χ4n) is 5.98. The first-order valence-electron chi connectivity index (χ1n) is 14.5. The summed E-state index contributed by atoms with van der Waals surface area (Å²) in [5.41, 5.74) is 0.847. The summed E-state index contributed by atoms with van der Waals surface area (Å²) in [4.78, 5) is 53.3. The molecule has 2 atom stereocenters. The average Bonchev–Trinajstić information content (AvgIpc) is 3.27. The van der Waals surface area contributed by atoms with Gasteiger partial charge >= 0.3 is 6.09 Å². The molecule has 2 aromatic heterocycles. The lowest BCUT2D eigenvalue weighted by Crippen LogP contribution is -2.47. The summed E-state index contributed by atoms with van der Waals surface area (Å²) >= 11 is 0. The first kappa shape index (κ1) is 29.9. The molecule has 5 rings (SSSR count). The van der Waals surface area contributed by atoms with E-state index in [0.29, 0.717) is 23.0 Å². The van der Waals surface area contributed by atoms with E-state index in [2.05, 4.69) is 10.6 Å². The number of hydrogen-bond acceptors (Lipinski definition) is 6. The minimum Gasteiger partial charge on any atom is -0.493 e. The van der Waals surface area contributed by atoms with E-state index in [1.54, 1.807) is 41.9 Å². The SMILES string of the molecule is COc1c(C(=O)NC2CCCC(NC(=O)OC(C)(C)C)C2)n(C)c2c1c(=O)n(CC(=O)c1ccccc1)c1ccccc21. The van der Waals surface area contributed by atoms with Crippen LogP contribution in [0.1, 0.15) is 67.3 Å². The van der Waals surface area contributed by atoms with Crippen molar-refractivity contribution in [2.45, 2.75) is 70.7 Å². The molecule has 4 aromatic rings. The van der Waals surface area contributed by atoms with Crippen molar-refractivity contribution in [3.05, 3.63) is 76.2 Å². The Hall–Kier alpha value is -4.60. The number of para-hydroxylation sites is 1. The summed E-state index contributed by atoms with van der Waals surface area (Å²) in [5, 5.41) is 6.98. The second kappa shape index (κ2) is 11.9. The van der Waals surface area contributed by atoms with E-state index >= 15 is 0 Å². The number of aryl methyl sites for hydroxylation is 1. The second-order valence-corrected chi connectivity index (χ2v) is 12.0. The van der Waals surface area contributed by atoms with Crippen molar-refractivity contribution in [2.24, 2.45) is 7.05 Å². The van der Waals surface area contributed by atoms with Crippen LogP contribution in [0.5, 0.6) is 5.75 Å². The highest BCUT2D eigenvalue weighted by molar-refractivity contribution is 6.12. The van der Waals surface area contributed by atoms with Gasteiger partial charge in [0.25, 0.3) is 11.5 Å². The van der Waals surface area contributed by atoms with Crippen molar-refractivity contribution in [2.75, 3.05) is 7.11 Å². The lowest BCUT2D eigenvalue weighted by atomic mass is 9.91. The highest BCUT2D eigenvalue weighted by Crippen LogP contribution is 2.35. The third-order valence-electron chi connectivity index (χ3n) is 7.81. The summed E-state index contributed by atoms with van der Waals surface area (Å²) in [7, 11) is 3.17. The van der Waals surface area contributed by atoms with Crippen LogP contribution in [0.2, 0.25) is 0 Å². The maximum absolute atomic E-state index is 14.0. The first-order chi connectivity index (χ1) is 20.5. The topological polar surface area (TPSA) is 121 Å². The molecule has 43 heavy (non-hydrogen) atoms. The van der Waals surface area contributed by atoms with Gasteiger partial charge < -0.3 is 24.7 Å². The number of amides is 2. The van der Waals surface area contributed by atoms with Crippen LogP contribution in [0.15, 0.2) is 59.4 Å². The van der Waals surface area contributed by atoms with Gasteiger partial charge in [0.1, 0.15) is 11.0 Å². The number of fused-ring (bicyclic) bond motifs is 3. The lowest BCUT2D eigenvalue weighted by molar-refractivity contribution is 0.0488. The van der Waals surface area contributed by atoms with Crippen LogP contribution in [0, 0.1) is 0 Å². The highest BCUT2D eigenvalue weighted by Gasteiger charge is 2.31. The van der Waals surface area contributed by atoms with Crippen LogP contribution >= 0.6 is 0 Å². The molecule has 0 radical (unpaired) electrons. The zero-order chi connectivity index (χ0) is 30.9. The number of rotatable bonds is 7. The van der Waals surface area contributed by atoms with Crippen molar-refractivity contribution in [1.29, 1.82) is 0 Å². The van der Waals surface area contributed by atoms with E-state index in [0.717, 1.165) is 24.6 Å². The molecule has 2 amide bonds. The summed E-state index contributed by atoms with van der Waals surface area (Å²) < 4.78 is 14.3. The monoisotopic (exact) mass is 586 g/mol. The average molecular weight is 587 g/mol. The number of pyridine rings is 1. The maximum Gasteiger partial charge on any atom is 0.407 e. The number of hydrogen-bond donors (Lipinski definition) is 2. The van der Waals surface area contributed by atoms with E-state index in [-0.39, 0.29) is 47.1 Å². The Balaban J connectivity index is 1.49. The molecular weight excluding hydrogens is 548 g/mol. The molecule has 1 aliphatic carbocycles. The number of carbonyl (C=O) groups is 3. The smallest absolute Gasteiger partial charge is 0.407 e. The van der Waals surface area contributed by atoms with Gasteiger partial charge in [0.15, 0.2) is 17.2 Å². The number of nitrogens with zero attached hydrogens (tertiary/aromatic N) is 2. The molecule has 2 unspecified atom stereocenters. The number of alkyl carbamates (subject to hydrolysis) is 1. The number of nitrogens with one attached hydrogen (secondary N) is 2. The summed E-state index contributed by atoms with van der Waals surface area (Å²) in [6.45, 7) is 5.28. The standard InChI is InChI=1S/C33H38N4O6/c1-33(2,3)43-32(41)35-22-15-11-14-21(18-22)34-30(39)28-29(42-5)26-27(36(28)4)23-16-9-10-17-24(23)37(31(26)40)19-25(38)20-12-7-6-8-13-20/h6-10,12-13,16-17,21-22H,11,14-15,18-19H2,1-5H3,(H,34,39)(H,35,41). The molecule has 2 aromatic carbocycles. The first-order valence-corrected chi connectivity index (χ1v) is 14.5. The fourth-order valence-corrected chi connectivity index (χ4v) is 5.98. The van der Waals surface area contributed by atoms with Gasteiger partial charge in [-0.3, -0.25) is 19.0 Å². The Morgan fingerprint density at radius 2 is 1.60 bits per heavy atom. The summed E-state index contributed by atoms with van der Waals surface area (Å²) in [6, 6.07) is 15.8. The Morgan fingerprint density at radius 1 is 0.953 bits per heavy atom. The van der Waals surface area contributed by atoms with Crippen LogP contribution < -0.4 is 20.9 Å². The number of methoxy groups -OCH3 is 1. The summed E-state index contributed by atoms with van der Waals surface area (Å²) in [5.74, 6) is -0.424. The minimum atomic E-state index is -0.602. The fraction of sp³-hybridized carbons (Fsp3) is 0.394. The Bertz CT molecular complexity index is 1750. The quantitative estimate of drug-likeness (QED) is 0.296. The van der Waals surface area contributed by atoms with Crippen molar-refractivity contribution in [1.82, 2.24) is 19.8 Å². The van der Waals surface area contributed by atoms with E-state index < -0.39 is 17.3 Å². The maximum atomic E-state index is 14.0. The molecule has 0 bridgehead atoms. The van der Waals surface area contributed by atoms with Gasteiger partial charge in [-0.2, -0.15) is 0 Å². The third kappa shape index (κ3) is 6.14. The van der Waals surface area contributed by atoms with Crippen LogP contribution in [-0.2, 0) is 18.3 Å². The van der Waals surface area contributed by atoms with Crippen LogP contribution in [0.25, 0.3) is 21.8 Å². The van der Waals surface area contributed by atoms with Gasteiger partial charge in [-0.1, -0.05) is 48.5 Å². The molecule has 1 aliphatic rings. The normalized spacial score (nSPS) is 17.0. The van der Waals surface area contributed by atoms with Gasteiger partial charge in [-0.15, -0.1) is 0 Å². The molecule has 10 nitrogen and oxygen atoms in total. The molecule has 10 heteroatoms. The van der Waals surface area contributed by atoms with E-state index in [9.17, 15) is 19.2 Å². The van der Waals surface area contributed by atoms with Gasteiger partial charge in [0, 0.05) is 30.1 Å². The van der Waals surface area contributed by atoms with Crippen molar-refractivity contribution < 1.29 is 23.9 Å². The third-order valence-corrected chi connectivity index (χ3v) is 7.81. The van der Waals surface area contributed by atoms with Gasteiger partial charge in [0.05, 0.1) is 24.7 Å². The number of carbonyl (C=O) groups excluding carboxylic acids is 3. The Morgan fingerprint density at radius 3 is 2.28 bits per heavy atom. The number of benzene rings is 2. The van der Waals surface area contributed by atoms with E-state index in [4.69, 9.17) is 9.47 Å². The Kier molecular flexibility index (Phi) is 8.30. The number of ketones is 1. The van der Waals surface area contributed by atoms with Crippen LogP contribution in [-0.4, -0.2) is 51.7 Å². The molecule has 2 heterocycles. The molecule has 1 saturated carbocycles. The van der Waals surface area contributed by atoms with Crippen molar-refractivity contribution >= 4 is 39.6 Å². The molecule has 1 fully saturated rings. The molecule has 0 aliphatic heterocycles. The zero-order valence-electron chi connectivity index (χ0n) is 25.2. The number of ether oxygens (including phenoxy) is 2. The highest BCUT2D eigenvalue weighted by atomic mass is 16.6. The van der Waals surface area contributed by atoms with Crippen molar-refractivity contribution in [3.8, 4) is 5.75 Å². The number of Topliss-reactive ketones (excluding diaryl/α,β-unsaturated/α-hetero) is 1. The van der Waals surface area contributed by atoms with Crippen LogP contribution in [0.3, 0.4) is 0 Å². The number of aromatic nitrogens is 2. The molecule has 226 valence electrons. The molecule has 2 N–H and O–H groups in total. The van der Waals surface area contributed by atoms with E-state index in [1.807, 2.05) is 45.0 Å².